The van der Waals surface area contributed by atoms with Crippen LogP contribution in [0.1, 0.15) is 18.9 Å². The predicted octanol–water partition coefficient (Wildman–Crippen LogP) is 4.46. The van der Waals surface area contributed by atoms with E-state index in [-0.39, 0.29) is 5.82 Å². The summed E-state index contributed by atoms with van der Waals surface area (Å²) >= 11 is 3.22. The molecule has 2 aromatic carbocycles. The molecule has 1 aromatic heterocycles. The number of anilines is 1. The quantitative estimate of drug-likeness (QED) is 0.759. The summed E-state index contributed by atoms with van der Waals surface area (Å²) < 4.78 is 15.9. The molecule has 0 aliphatic heterocycles. The van der Waals surface area contributed by atoms with Gasteiger partial charge in [-0.15, -0.1) is 0 Å². The Morgan fingerprint density at radius 3 is 2.81 bits per heavy atom. The predicted molar refractivity (Wildman–Crippen MR) is 87.1 cm³/mol. The van der Waals surface area contributed by atoms with Gasteiger partial charge in [0, 0.05) is 6.07 Å². The molecule has 5 heteroatoms. The molecule has 0 radical (unpaired) electrons. The number of nitrogens with zero attached hydrogens (tertiary/aromatic N) is 2. The zero-order valence-electron chi connectivity index (χ0n) is 11.6. The van der Waals surface area contributed by atoms with Crippen LogP contribution in [0.4, 0.5) is 10.3 Å². The van der Waals surface area contributed by atoms with Gasteiger partial charge in [-0.25, -0.2) is 9.37 Å². The number of para-hydroxylation sites is 1. The molecule has 0 bridgehead atoms. The molecule has 0 aliphatic rings. The van der Waals surface area contributed by atoms with E-state index in [0.29, 0.717) is 15.9 Å². The Kier molecular flexibility index (Phi) is 3.68. The van der Waals surface area contributed by atoms with E-state index in [0.717, 1.165) is 24.0 Å². The Labute approximate surface area is 130 Å². The molecule has 0 fully saturated rings. The van der Waals surface area contributed by atoms with Crippen LogP contribution in [-0.4, -0.2) is 9.55 Å². The van der Waals surface area contributed by atoms with Crippen LogP contribution in [0.15, 0.2) is 40.9 Å². The molecular formula is C16H15BrFN3. The number of imidazole rings is 1. The zero-order chi connectivity index (χ0) is 15.0. The van der Waals surface area contributed by atoms with Gasteiger partial charge < -0.3 is 5.73 Å². The van der Waals surface area contributed by atoms with E-state index in [1.165, 1.54) is 11.6 Å². The number of nitrogens with two attached hydrogens (primary N) is 1. The maximum atomic E-state index is 13.7. The lowest BCUT2D eigenvalue weighted by molar-refractivity contribution is 0.623. The van der Waals surface area contributed by atoms with Gasteiger partial charge in [0.15, 0.2) is 0 Å². The Balaban J connectivity index is 2.30. The highest BCUT2D eigenvalue weighted by Gasteiger charge is 2.14. The second-order valence-electron chi connectivity index (χ2n) is 4.94. The average molecular weight is 348 g/mol. The summed E-state index contributed by atoms with van der Waals surface area (Å²) in [6.45, 7) is 2.14. The number of hydrogen-bond acceptors (Lipinski definition) is 2. The summed E-state index contributed by atoms with van der Waals surface area (Å²) in [4.78, 5) is 4.27. The molecule has 1 heterocycles. The molecule has 21 heavy (non-hydrogen) atoms. The number of hydrogen-bond donors (Lipinski definition) is 1. The number of fused-ring (bicyclic) bond motifs is 1. The van der Waals surface area contributed by atoms with Crippen LogP contribution in [0.5, 0.6) is 0 Å². The molecule has 0 saturated carbocycles. The fourth-order valence-corrected chi connectivity index (χ4v) is 2.89. The number of rotatable bonds is 3. The fourth-order valence-electron chi connectivity index (χ4n) is 2.55. The van der Waals surface area contributed by atoms with Crippen molar-refractivity contribution in [2.24, 2.45) is 0 Å². The van der Waals surface area contributed by atoms with Crippen LogP contribution in [0.3, 0.4) is 0 Å². The smallest absolute Gasteiger partial charge is 0.205 e. The molecule has 0 atom stereocenters. The third-order valence-corrected chi connectivity index (χ3v) is 4.08. The van der Waals surface area contributed by atoms with Crippen molar-refractivity contribution in [1.29, 1.82) is 0 Å². The number of halogens is 2. The molecule has 108 valence electrons. The Morgan fingerprint density at radius 2 is 2.05 bits per heavy atom. The fraction of sp³-hybridized carbons (Fsp3) is 0.188. The number of aromatic nitrogens is 2. The van der Waals surface area contributed by atoms with Crippen molar-refractivity contribution in [3.63, 3.8) is 0 Å². The first-order valence-corrected chi connectivity index (χ1v) is 7.62. The van der Waals surface area contributed by atoms with Gasteiger partial charge in [-0.3, -0.25) is 4.57 Å². The monoisotopic (exact) mass is 347 g/mol. The van der Waals surface area contributed by atoms with E-state index >= 15 is 0 Å². The molecule has 3 nitrogen and oxygen atoms in total. The largest absolute Gasteiger partial charge is 0.369 e. The zero-order valence-corrected chi connectivity index (χ0v) is 13.2. The van der Waals surface area contributed by atoms with Crippen LogP contribution >= 0.6 is 15.9 Å². The van der Waals surface area contributed by atoms with Crippen molar-refractivity contribution in [2.45, 2.75) is 19.8 Å². The average Bonchev–Trinajstić information content (AvgIpc) is 2.76. The van der Waals surface area contributed by atoms with E-state index in [9.17, 15) is 4.39 Å². The lowest BCUT2D eigenvalue weighted by Crippen LogP contribution is -2.04. The molecular weight excluding hydrogens is 333 g/mol. The first kappa shape index (κ1) is 14.1. The van der Waals surface area contributed by atoms with Crippen molar-refractivity contribution in [2.75, 3.05) is 5.73 Å². The molecule has 3 aromatic rings. The Morgan fingerprint density at radius 1 is 1.29 bits per heavy atom. The highest BCUT2D eigenvalue weighted by atomic mass is 79.9. The van der Waals surface area contributed by atoms with E-state index in [1.807, 2.05) is 22.8 Å². The summed E-state index contributed by atoms with van der Waals surface area (Å²) in [5, 5.41) is 0. The van der Waals surface area contributed by atoms with E-state index in [4.69, 9.17) is 5.73 Å². The summed E-state index contributed by atoms with van der Waals surface area (Å²) in [5.41, 5.74) is 9.61. The van der Waals surface area contributed by atoms with Crippen molar-refractivity contribution in [3.8, 4) is 5.69 Å². The highest BCUT2D eigenvalue weighted by molar-refractivity contribution is 9.10. The molecule has 0 saturated heterocycles. The summed E-state index contributed by atoms with van der Waals surface area (Å²) in [6.07, 6.45) is 2.00. The Hall–Kier alpha value is -1.88. The normalized spacial score (nSPS) is 11.2. The summed E-state index contributed by atoms with van der Waals surface area (Å²) in [5.74, 6) is 0.0278. The molecule has 0 unspecified atom stereocenters. The van der Waals surface area contributed by atoms with Gasteiger partial charge in [0.05, 0.1) is 21.2 Å². The SMILES string of the molecule is CCCc1ccccc1-n1c(N)nc2cc(F)c(Br)cc21. The second kappa shape index (κ2) is 5.48. The van der Waals surface area contributed by atoms with Gasteiger partial charge in [0.25, 0.3) is 0 Å². The molecule has 0 aliphatic carbocycles. The molecule has 0 spiro atoms. The van der Waals surface area contributed by atoms with Gasteiger partial charge in [-0.2, -0.15) is 0 Å². The van der Waals surface area contributed by atoms with Gasteiger partial charge in [0.2, 0.25) is 5.95 Å². The van der Waals surface area contributed by atoms with Crippen LogP contribution in [0.25, 0.3) is 16.7 Å². The van der Waals surface area contributed by atoms with Crippen LogP contribution in [0.2, 0.25) is 0 Å². The van der Waals surface area contributed by atoms with E-state index in [1.54, 1.807) is 6.07 Å². The maximum absolute atomic E-state index is 13.7. The second-order valence-corrected chi connectivity index (χ2v) is 5.79. The van der Waals surface area contributed by atoms with Crippen LogP contribution < -0.4 is 5.73 Å². The van der Waals surface area contributed by atoms with E-state index < -0.39 is 0 Å². The minimum Gasteiger partial charge on any atom is -0.369 e. The number of benzene rings is 2. The number of aryl methyl sites for hydroxylation is 1. The van der Waals surface area contributed by atoms with Gasteiger partial charge in [0.1, 0.15) is 5.82 Å². The van der Waals surface area contributed by atoms with Crippen molar-refractivity contribution in [1.82, 2.24) is 9.55 Å². The number of nitrogen functional groups attached to an aromatic ring is 1. The van der Waals surface area contributed by atoms with Crippen LogP contribution in [0, 0.1) is 5.82 Å². The van der Waals surface area contributed by atoms with Crippen molar-refractivity contribution < 1.29 is 4.39 Å². The van der Waals surface area contributed by atoms with Crippen molar-refractivity contribution >= 4 is 32.9 Å². The van der Waals surface area contributed by atoms with Crippen LogP contribution in [-0.2, 0) is 6.42 Å². The minimum absolute atomic E-state index is 0.339. The third-order valence-electron chi connectivity index (χ3n) is 3.47. The first-order valence-electron chi connectivity index (χ1n) is 6.83. The summed E-state index contributed by atoms with van der Waals surface area (Å²) in [7, 11) is 0. The first-order chi connectivity index (χ1) is 10.1. The van der Waals surface area contributed by atoms with Gasteiger partial charge >= 0.3 is 0 Å². The molecule has 2 N–H and O–H groups in total. The highest BCUT2D eigenvalue weighted by Crippen LogP contribution is 2.29. The lowest BCUT2D eigenvalue weighted by Gasteiger charge is -2.12. The van der Waals surface area contributed by atoms with Gasteiger partial charge in [-0.05, 0) is 40.0 Å². The lowest BCUT2D eigenvalue weighted by atomic mass is 10.1. The van der Waals surface area contributed by atoms with E-state index in [2.05, 4.69) is 33.9 Å². The Bertz CT molecular complexity index is 811. The van der Waals surface area contributed by atoms with Gasteiger partial charge in [-0.1, -0.05) is 31.5 Å². The molecule has 0 amide bonds. The topological polar surface area (TPSA) is 43.8 Å². The summed E-state index contributed by atoms with van der Waals surface area (Å²) in [6, 6.07) is 11.2. The standard InChI is InChI=1S/C16H15BrFN3/c1-2-5-10-6-3-4-7-14(10)21-15-8-11(17)12(18)9-13(15)20-16(21)19/h3-4,6-9H,2,5H2,1H3,(H2,19,20). The third kappa shape index (κ3) is 2.42. The molecule has 3 rings (SSSR count). The van der Waals surface area contributed by atoms with Crippen molar-refractivity contribution in [3.05, 3.63) is 52.3 Å². The minimum atomic E-state index is -0.339. The maximum Gasteiger partial charge on any atom is 0.205 e.